The van der Waals surface area contributed by atoms with E-state index in [1.165, 1.54) is 0 Å². The van der Waals surface area contributed by atoms with Gasteiger partial charge in [-0.15, -0.1) is 0 Å². The van der Waals surface area contributed by atoms with E-state index >= 15 is 0 Å². The summed E-state index contributed by atoms with van der Waals surface area (Å²) in [5.41, 5.74) is 11.4. The van der Waals surface area contributed by atoms with Gasteiger partial charge in [-0.1, -0.05) is 24.3 Å². The number of rotatable bonds is 4. The Hall–Kier alpha value is -3.91. The Bertz CT molecular complexity index is 1430. The molecule has 1 aliphatic rings. The average molecular weight is 440 g/mol. The van der Waals surface area contributed by atoms with Gasteiger partial charge in [-0.25, -0.2) is 15.0 Å². The number of nitrogens with one attached hydrogen (secondary N) is 2. The molecule has 4 N–H and O–H groups in total. The Morgan fingerprint density at radius 2 is 1.85 bits per heavy atom. The molecule has 0 bridgehead atoms. The monoisotopic (exact) mass is 439 g/mol. The SMILES string of the molecule is COc1ccc(-c2cccc3[nH]c(C4(N)CCN(c5ncnc6[nH]ccc56)CC4)nc23)cc1. The topological polar surface area (TPSA) is 109 Å². The maximum Gasteiger partial charge on any atom is 0.142 e. The van der Waals surface area contributed by atoms with Crippen molar-refractivity contribution in [2.24, 2.45) is 5.73 Å². The summed E-state index contributed by atoms with van der Waals surface area (Å²) in [6, 6.07) is 16.3. The van der Waals surface area contributed by atoms with E-state index in [4.69, 9.17) is 15.5 Å². The largest absolute Gasteiger partial charge is 0.497 e. The summed E-state index contributed by atoms with van der Waals surface area (Å²) in [5, 5.41) is 1.04. The molecule has 0 unspecified atom stereocenters. The highest BCUT2D eigenvalue weighted by Gasteiger charge is 2.36. The lowest BCUT2D eigenvalue weighted by molar-refractivity contribution is 0.327. The van der Waals surface area contributed by atoms with E-state index < -0.39 is 5.54 Å². The maximum atomic E-state index is 6.93. The summed E-state index contributed by atoms with van der Waals surface area (Å²) in [6.07, 6.45) is 5.06. The van der Waals surface area contributed by atoms with Crippen molar-refractivity contribution in [2.75, 3.05) is 25.1 Å². The van der Waals surface area contributed by atoms with Crippen LogP contribution in [0.25, 0.3) is 33.2 Å². The van der Waals surface area contributed by atoms with E-state index in [9.17, 15) is 0 Å². The summed E-state index contributed by atoms with van der Waals surface area (Å²) in [6.45, 7) is 1.60. The van der Waals surface area contributed by atoms with Gasteiger partial charge in [0.1, 0.15) is 29.4 Å². The third-order valence-electron chi connectivity index (χ3n) is 6.67. The van der Waals surface area contributed by atoms with Crippen LogP contribution in [0.2, 0.25) is 0 Å². The molecule has 8 nitrogen and oxygen atoms in total. The number of hydrogen-bond acceptors (Lipinski definition) is 6. The van der Waals surface area contributed by atoms with Gasteiger partial charge in [-0.2, -0.15) is 0 Å². The minimum Gasteiger partial charge on any atom is -0.497 e. The minimum atomic E-state index is -0.517. The van der Waals surface area contributed by atoms with Gasteiger partial charge in [0, 0.05) is 24.8 Å². The number of nitrogens with two attached hydrogens (primary N) is 1. The standard InChI is InChI=1S/C25H25N7O/c1-33-17-7-5-16(6-8-17)18-3-2-4-20-21(18)31-24(30-20)25(26)10-13-32(14-11-25)23-19-9-12-27-22(19)28-15-29-23/h2-9,12,15H,10-11,13-14,26H2,1H3,(H,30,31)(H,27,28,29). The molecular formula is C25H25N7O. The number of imidazole rings is 1. The molecule has 5 aromatic rings. The Balaban J connectivity index is 1.29. The van der Waals surface area contributed by atoms with Gasteiger partial charge in [-0.3, -0.25) is 0 Å². The van der Waals surface area contributed by atoms with Crippen molar-refractivity contribution in [2.45, 2.75) is 18.4 Å². The maximum absolute atomic E-state index is 6.93. The first-order valence-electron chi connectivity index (χ1n) is 11.1. The normalized spacial score (nSPS) is 15.9. The third-order valence-corrected chi connectivity index (χ3v) is 6.67. The second kappa shape index (κ2) is 7.60. The predicted molar refractivity (Wildman–Crippen MR) is 129 cm³/mol. The number of para-hydroxylation sites is 1. The number of benzene rings is 2. The average Bonchev–Trinajstić information content (AvgIpc) is 3.52. The van der Waals surface area contributed by atoms with E-state index in [0.717, 1.165) is 76.5 Å². The first kappa shape index (κ1) is 19.8. The quantitative estimate of drug-likeness (QED) is 0.391. The fourth-order valence-corrected chi connectivity index (χ4v) is 4.74. The van der Waals surface area contributed by atoms with Crippen molar-refractivity contribution in [1.29, 1.82) is 0 Å². The number of hydrogen-bond donors (Lipinski definition) is 3. The van der Waals surface area contributed by atoms with Crippen LogP contribution in [0.4, 0.5) is 5.82 Å². The molecule has 6 rings (SSSR count). The van der Waals surface area contributed by atoms with Gasteiger partial charge in [-0.05, 0) is 42.7 Å². The highest BCUT2D eigenvalue weighted by molar-refractivity contribution is 5.92. The molecule has 0 amide bonds. The van der Waals surface area contributed by atoms with Crippen LogP contribution in [0.3, 0.4) is 0 Å². The molecule has 0 atom stereocenters. The van der Waals surface area contributed by atoms with Crippen LogP contribution >= 0.6 is 0 Å². The Morgan fingerprint density at radius 3 is 2.64 bits per heavy atom. The molecule has 4 heterocycles. The molecule has 2 aromatic carbocycles. The van der Waals surface area contributed by atoms with Gasteiger partial charge in [0.25, 0.3) is 0 Å². The molecule has 33 heavy (non-hydrogen) atoms. The van der Waals surface area contributed by atoms with Crippen LogP contribution in [0.15, 0.2) is 61.1 Å². The van der Waals surface area contributed by atoms with Crippen molar-refractivity contribution in [3.8, 4) is 16.9 Å². The predicted octanol–water partition coefficient (Wildman–Crippen LogP) is 3.96. The highest BCUT2D eigenvalue weighted by atomic mass is 16.5. The van der Waals surface area contributed by atoms with E-state index in [1.54, 1.807) is 13.4 Å². The Kier molecular flexibility index (Phi) is 4.55. The van der Waals surface area contributed by atoms with Crippen molar-refractivity contribution in [3.63, 3.8) is 0 Å². The number of anilines is 1. The lowest BCUT2D eigenvalue weighted by Crippen LogP contribution is -2.49. The van der Waals surface area contributed by atoms with E-state index in [0.29, 0.717) is 0 Å². The van der Waals surface area contributed by atoms with E-state index in [1.807, 2.05) is 30.5 Å². The molecule has 1 fully saturated rings. The lowest BCUT2D eigenvalue weighted by Gasteiger charge is -2.38. The van der Waals surface area contributed by atoms with Crippen LogP contribution in [0.5, 0.6) is 5.75 Å². The van der Waals surface area contributed by atoms with Gasteiger partial charge in [0.05, 0.1) is 29.1 Å². The molecule has 8 heteroatoms. The summed E-state index contributed by atoms with van der Waals surface area (Å²) < 4.78 is 5.30. The first-order chi connectivity index (χ1) is 16.1. The minimum absolute atomic E-state index is 0.517. The lowest BCUT2D eigenvalue weighted by atomic mass is 9.88. The van der Waals surface area contributed by atoms with Gasteiger partial charge in [0.2, 0.25) is 0 Å². The van der Waals surface area contributed by atoms with Gasteiger partial charge < -0.3 is 25.3 Å². The highest BCUT2D eigenvalue weighted by Crippen LogP contribution is 2.35. The molecule has 0 radical (unpaired) electrons. The zero-order valence-electron chi connectivity index (χ0n) is 18.4. The number of aromatic amines is 2. The van der Waals surface area contributed by atoms with Crippen LogP contribution < -0.4 is 15.4 Å². The Labute approximate surface area is 190 Å². The van der Waals surface area contributed by atoms with Crippen LogP contribution in [0.1, 0.15) is 18.7 Å². The molecule has 166 valence electrons. The summed E-state index contributed by atoms with van der Waals surface area (Å²) in [5.74, 6) is 2.63. The van der Waals surface area contributed by atoms with E-state index in [2.05, 4.69) is 49.1 Å². The van der Waals surface area contributed by atoms with Crippen molar-refractivity contribution < 1.29 is 4.74 Å². The van der Waals surface area contributed by atoms with Crippen LogP contribution in [-0.2, 0) is 5.54 Å². The van der Waals surface area contributed by atoms with Gasteiger partial charge in [0.15, 0.2) is 0 Å². The van der Waals surface area contributed by atoms with Crippen LogP contribution in [-0.4, -0.2) is 45.1 Å². The number of ether oxygens (including phenoxy) is 1. The second-order valence-corrected chi connectivity index (χ2v) is 8.60. The summed E-state index contributed by atoms with van der Waals surface area (Å²) in [7, 11) is 1.67. The zero-order valence-corrected chi connectivity index (χ0v) is 18.4. The van der Waals surface area contributed by atoms with Crippen molar-refractivity contribution in [1.82, 2.24) is 24.9 Å². The number of piperidine rings is 1. The first-order valence-corrected chi connectivity index (χ1v) is 11.1. The van der Waals surface area contributed by atoms with Crippen molar-refractivity contribution >= 4 is 27.9 Å². The molecule has 0 saturated carbocycles. The smallest absolute Gasteiger partial charge is 0.142 e. The zero-order chi connectivity index (χ0) is 22.4. The number of H-pyrrole nitrogens is 2. The molecule has 0 spiro atoms. The van der Waals surface area contributed by atoms with Gasteiger partial charge >= 0.3 is 0 Å². The molecule has 1 saturated heterocycles. The van der Waals surface area contributed by atoms with Crippen LogP contribution in [0, 0.1) is 0 Å². The third kappa shape index (κ3) is 3.30. The molecule has 0 aliphatic carbocycles. The fourth-order valence-electron chi connectivity index (χ4n) is 4.74. The Morgan fingerprint density at radius 1 is 1.03 bits per heavy atom. The summed E-state index contributed by atoms with van der Waals surface area (Å²) >= 11 is 0. The van der Waals surface area contributed by atoms with E-state index in [-0.39, 0.29) is 0 Å². The molecule has 1 aliphatic heterocycles. The number of methoxy groups -OCH3 is 1. The molecule has 3 aromatic heterocycles. The molecular weight excluding hydrogens is 414 g/mol. The number of fused-ring (bicyclic) bond motifs is 2. The fraction of sp³-hybridized carbons (Fsp3) is 0.240. The number of aromatic nitrogens is 5. The number of nitrogens with zero attached hydrogens (tertiary/aromatic N) is 4. The second-order valence-electron chi connectivity index (χ2n) is 8.60. The van der Waals surface area contributed by atoms with Crippen molar-refractivity contribution in [3.05, 3.63) is 66.9 Å². The summed E-state index contributed by atoms with van der Waals surface area (Å²) in [4.78, 5) is 22.8.